The highest BCUT2D eigenvalue weighted by Crippen LogP contribution is 2.64. The summed E-state index contributed by atoms with van der Waals surface area (Å²) in [5.74, 6) is 0.120. The van der Waals surface area contributed by atoms with Gasteiger partial charge in [-0.05, 0) is 12.3 Å². The second-order valence-corrected chi connectivity index (χ2v) is 5.37. The van der Waals surface area contributed by atoms with Gasteiger partial charge in [0, 0.05) is 0 Å². The molecule has 3 unspecified atom stereocenters. The van der Waals surface area contributed by atoms with Crippen molar-refractivity contribution in [2.75, 3.05) is 0 Å². The van der Waals surface area contributed by atoms with E-state index in [-0.39, 0.29) is 35.1 Å². The molecule has 1 saturated heterocycles. The van der Waals surface area contributed by atoms with Crippen LogP contribution in [0.4, 0.5) is 0 Å². The normalized spacial score (nSPS) is 31.6. The first kappa shape index (κ1) is 10.4. The van der Waals surface area contributed by atoms with Gasteiger partial charge >= 0.3 is 0 Å². The van der Waals surface area contributed by atoms with Crippen LogP contribution in [0, 0.1) is 17.3 Å². The maximum absolute atomic E-state index is 12.2. The predicted octanol–water partition coefficient (Wildman–Crippen LogP) is 0.507. The third kappa shape index (κ3) is 1.15. The Morgan fingerprint density at radius 1 is 1.35 bits per heavy atom. The molecule has 1 aromatic heterocycles. The summed E-state index contributed by atoms with van der Waals surface area (Å²) in [5, 5.41) is 6.44. The van der Waals surface area contributed by atoms with Crippen LogP contribution in [-0.2, 0) is 9.59 Å². The van der Waals surface area contributed by atoms with E-state index in [0.29, 0.717) is 5.82 Å². The number of imide groups is 1. The summed E-state index contributed by atoms with van der Waals surface area (Å²) in [4.78, 5) is 29.6. The van der Waals surface area contributed by atoms with Gasteiger partial charge in [-0.3, -0.25) is 19.6 Å². The number of nitrogens with zero attached hydrogens (tertiary/aromatic N) is 3. The van der Waals surface area contributed by atoms with E-state index in [0.717, 1.165) is 0 Å². The smallest absolute Gasteiger partial charge is 0.234 e. The number of carbonyl (C=O) groups is 2. The number of amides is 2. The summed E-state index contributed by atoms with van der Waals surface area (Å²) in [6, 6.07) is -0.360. The van der Waals surface area contributed by atoms with E-state index >= 15 is 0 Å². The zero-order valence-electron chi connectivity index (χ0n) is 9.97. The maximum atomic E-state index is 12.2. The number of rotatable bonds is 2. The van der Waals surface area contributed by atoms with Gasteiger partial charge in [-0.1, -0.05) is 13.8 Å². The Morgan fingerprint density at radius 2 is 1.94 bits per heavy atom. The van der Waals surface area contributed by atoms with E-state index in [9.17, 15) is 9.59 Å². The van der Waals surface area contributed by atoms with Crippen LogP contribution < -0.4 is 0 Å². The minimum atomic E-state index is -0.360. The van der Waals surface area contributed by atoms with Crippen LogP contribution in [-0.4, -0.2) is 31.9 Å². The summed E-state index contributed by atoms with van der Waals surface area (Å²) < 4.78 is 0. The van der Waals surface area contributed by atoms with Gasteiger partial charge in [0.25, 0.3) is 0 Å². The Labute approximate surface area is 98.4 Å². The van der Waals surface area contributed by atoms with Gasteiger partial charge in [0.05, 0.1) is 17.9 Å². The van der Waals surface area contributed by atoms with Crippen molar-refractivity contribution < 1.29 is 9.59 Å². The lowest BCUT2D eigenvalue weighted by Gasteiger charge is -2.25. The van der Waals surface area contributed by atoms with Crippen LogP contribution in [0.15, 0.2) is 6.33 Å². The molecular weight excluding hydrogens is 220 g/mol. The Kier molecular flexibility index (Phi) is 1.80. The maximum Gasteiger partial charge on any atom is 0.234 e. The molecule has 1 N–H and O–H groups in total. The van der Waals surface area contributed by atoms with Crippen LogP contribution in [0.2, 0.25) is 0 Å². The number of aromatic nitrogens is 3. The zero-order chi connectivity index (χ0) is 12.4. The fourth-order valence-electron chi connectivity index (χ4n) is 2.89. The highest BCUT2D eigenvalue weighted by atomic mass is 16.2. The molecule has 2 aliphatic rings. The number of carbonyl (C=O) groups excluding carboxylic acids is 2. The average Bonchev–Trinajstić information content (AvgIpc) is 2.68. The molecule has 1 aliphatic carbocycles. The topological polar surface area (TPSA) is 79.0 Å². The summed E-state index contributed by atoms with van der Waals surface area (Å²) in [6.07, 6.45) is 1.38. The first-order valence-corrected chi connectivity index (χ1v) is 5.68. The molecule has 0 radical (unpaired) electrons. The van der Waals surface area contributed by atoms with Crippen molar-refractivity contribution in [1.82, 2.24) is 20.1 Å². The fourth-order valence-corrected chi connectivity index (χ4v) is 2.89. The molecule has 0 bridgehead atoms. The Hall–Kier alpha value is -1.72. The number of nitrogens with one attached hydrogen (secondary N) is 1. The lowest BCUT2D eigenvalue weighted by atomic mass is 10.0. The van der Waals surface area contributed by atoms with Gasteiger partial charge < -0.3 is 0 Å². The van der Waals surface area contributed by atoms with Crippen molar-refractivity contribution in [1.29, 1.82) is 0 Å². The molecule has 3 atom stereocenters. The Bertz CT molecular complexity index is 470. The van der Waals surface area contributed by atoms with E-state index in [4.69, 9.17) is 0 Å². The standard InChI is InChI=1S/C11H14N4O2/c1-5(8-12-4-13-14-8)15-9(16)6-7(10(15)17)11(6,2)3/h4-7H,1-3H3,(H,12,13,14). The van der Waals surface area contributed by atoms with Crippen LogP contribution >= 0.6 is 0 Å². The second kappa shape index (κ2) is 2.94. The highest BCUT2D eigenvalue weighted by molar-refractivity contribution is 6.10. The molecule has 1 aromatic rings. The minimum Gasteiger partial charge on any atom is -0.274 e. The lowest BCUT2D eigenvalue weighted by molar-refractivity contribution is -0.145. The van der Waals surface area contributed by atoms with Gasteiger partial charge in [0.15, 0.2) is 0 Å². The number of hydrogen-bond donors (Lipinski definition) is 1. The van der Waals surface area contributed by atoms with Gasteiger partial charge in [-0.2, -0.15) is 5.10 Å². The third-order valence-corrected chi connectivity index (χ3v) is 4.05. The molecule has 0 spiro atoms. The predicted molar refractivity (Wildman–Crippen MR) is 57.4 cm³/mol. The zero-order valence-corrected chi connectivity index (χ0v) is 9.97. The number of H-pyrrole nitrogens is 1. The summed E-state index contributed by atoms with van der Waals surface area (Å²) in [5.41, 5.74) is -0.161. The van der Waals surface area contributed by atoms with Crippen LogP contribution in [0.3, 0.4) is 0 Å². The van der Waals surface area contributed by atoms with Crippen molar-refractivity contribution >= 4 is 11.8 Å². The highest BCUT2D eigenvalue weighted by Gasteiger charge is 2.73. The van der Waals surface area contributed by atoms with Crippen molar-refractivity contribution in [2.45, 2.75) is 26.8 Å². The van der Waals surface area contributed by atoms with Gasteiger partial charge in [-0.25, -0.2) is 4.98 Å². The van der Waals surface area contributed by atoms with Crippen molar-refractivity contribution in [3.8, 4) is 0 Å². The molecule has 0 aromatic carbocycles. The van der Waals surface area contributed by atoms with Gasteiger partial charge in [0.1, 0.15) is 12.2 Å². The molecule has 90 valence electrons. The van der Waals surface area contributed by atoms with Crippen LogP contribution in [0.1, 0.15) is 32.6 Å². The van der Waals surface area contributed by atoms with E-state index in [1.807, 2.05) is 13.8 Å². The molecule has 2 amide bonds. The van der Waals surface area contributed by atoms with Crippen LogP contribution in [0.5, 0.6) is 0 Å². The second-order valence-electron chi connectivity index (χ2n) is 5.37. The van der Waals surface area contributed by atoms with Crippen molar-refractivity contribution in [3.63, 3.8) is 0 Å². The van der Waals surface area contributed by atoms with Crippen molar-refractivity contribution in [2.24, 2.45) is 17.3 Å². The third-order valence-electron chi connectivity index (χ3n) is 4.05. The molecule has 1 saturated carbocycles. The molecule has 6 nitrogen and oxygen atoms in total. The summed E-state index contributed by atoms with van der Waals surface area (Å²) >= 11 is 0. The van der Waals surface area contributed by atoms with E-state index < -0.39 is 0 Å². The number of likely N-dealkylation sites (tertiary alicyclic amines) is 1. The summed E-state index contributed by atoms with van der Waals surface area (Å²) in [6.45, 7) is 5.72. The summed E-state index contributed by atoms with van der Waals surface area (Å²) in [7, 11) is 0. The van der Waals surface area contributed by atoms with Crippen LogP contribution in [0.25, 0.3) is 0 Å². The molecule has 2 heterocycles. The average molecular weight is 234 g/mol. The SMILES string of the molecule is CC(c1ncn[nH]1)N1C(=O)C2C(C1=O)C2(C)C. The molecule has 2 fully saturated rings. The molecule has 1 aliphatic heterocycles. The fraction of sp³-hybridized carbons (Fsp3) is 0.636. The van der Waals surface area contributed by atoms with Gasteiger partial charge in [0.2, 0.25) is 11.8 Å². The molecule has 6 heteroatoms. The number of fused-ring (bicyclic) bond motifs is 1. The number of aromatic amines is 1. The van der Waals surface area contributed by atoms with E-state index in [1.54, 1.807) is 6.92 Å². The molecular formula is C11H14N4O2. The number of hydrogen-bond acceptors (Lipinski definition) is 4. The van der Waals surface area contributed by atoms with E-state index in [2.05, 4.69) is 15.2 Å². The Morgan fingerprint density at radius 3 is 2.41 bits per heavy atom. The molecule has 17 heavy (non-hydrogen) atoms. The quantitative estimate of drug-likeness (QED) is 0.756. The lowest BCUT2D eigenvalue weighted by Crippen LogP contribution is -2.38. The number of piperidine rings is 1. The Balaban J connectivity index is 1.88. The van der Waals surface area contributed by atoms with Gasteiger partial charge in [-0.15, -0.1) is 0 Å². The van der Waals surface area contributed by atoms with E-state index in [1.165, 1.54) is 11.2 Å². The minimum absolute atomic E-state index is 0.0751. The molecule has 3 rings (SSSR count). The first-order valence-electron chi connectivity index (χ1n) is 5.68. The first-order chi connectivity index (χ1) is 7.96. The monoisotopic (exact) mass is 234 g/mol. The largest absolute Gasteiger partial charge is 0.274 e. The van der Waals surface area contributed by atoms with Crippen molar-refractivity contribution in [3.05, 3.63) is 12.2 Å².